The van der Waals surface area contributed by atoms with Crippen LogP contribution >= 0.6 is 0 Å². The van der Waals surface area contributed by atoms with E-state index in [2.05, 4.69) is 4.74 Å². The van der Waals surface area contributed by atoms with Gasteiger partial charge in [-0.1, -0.05) is 12.1 Å². The van der Waals surface area contributed by atoms with Gasteiger partial charge in [-0.05, 0) is 11.6 Å². The molecule has 1 N–H and O–H groups in total. The Morgan fingerprint density at radius 2 is 1.50 bits per heavy atom. The van der Waals surface area contributed by atoms with Crippen LogP contribution in [-0.2, 0) is 22.3 Å². The molecule has 202 valence electrons. The number of nitrogens with zero attached hydrogens (tertiary/aromatic N) is 2. The zero-order chi connectivity index (χ0) is 27.1. The van der Waals surface area contributed by atoms with Crippen molar-refractivity contribution in [3.63, 3.8) is 0 Å². The molecule has 1 heterocycles. The Labute approximate surface area is 197 Å². The van der Waals surface area contributed by atoms with Gasteiger partial charge in [0.1, 0.15) is 11.3 Å². The van der Waals surface area contributed by atoms with Gasteiger partial charge in [0.2, 0.25) is 5.60 Å². The number of carboxylic acids is 1. The fourth-order valence-electron chi connectivity index (χ4n) is 3.62. The fraction of sp³-hybridized carbons (Fsp3) is 0.600. The number of hydrogen-bond donors (Lipinski definition) is 1. The Hall–Kier alpha value is -2.91. The van der Waals surface area contributed by atoms with Crippen molar-refractivity contribution in [3.05, 3.63) is 29.3 Å². The van der Waals surface area contributed by atoms with Gasteiger partial charge in [0, 0.05) is 45.6 Å². The predicted octanol–water partition coefficient (Wildman–Crippen LogP) is 4.45. The molecule has 0 atom stereocenters. The molecule has 1 aromatic rings. The second-order valence-corrected chi connectivity index (χ2v) is 8.30. The van der Waals surface area contributed by atoms with Crippen molar-refractivity contribution in [2.24, 2.45) is 0 Å². The molecule has 16 heteroatoms. The largest absolute Gasteiger partial charge is 0.478 e. The van der Waals surface area contributed by atoms with Gasteiger partial charge < -0.3 is 19.5 Å². The maximum absolute atomic E-state index is 13.8. The molecule has 0 spiro atoms. The molecule has 0 unspecified atom stereocenters. The second kappa shape index (κ2) is 9.52. The van der Waals surface area contributed by atoms with Crippen LogP contribution in [0.3, 0.4) is 0 Å². The summed E-state index contributed by atoms with van der Waals surface area (Å²) in [7, 11) is 0. The summed E-state index contributed by atoms with van der Waals surface area (Å²) in [5.74, 6) is -2.07. The molecule has 36 heavy (non-hydrogen) atoms. The summed E-state index contributed by atoms with van der Waals surface area (Å²) in [6.07, 6.45) is -22.8. The molecule has 7 nitrogen and oxygen atoms in total. The molecular weight excluding hydrogens is 519 g/mol. The van der Waals surface area contributed by atoms with Crippen LogP contribution in [0, 0.1) is 0 Å². The minimum absolute atomic E-state index is 0.0332. The molecule has 0 bridgehead atoms. The highest BCUT2D eigenvalue weighted by molar-refractivity contribution is 5.81. The lowest BCUT2D eigenvalue weighted by Gasteiger charge is -2.35. The topological polar surface area (TPSA) is 79.3 Å². The number of aliphatic carboxylic acids is 1. The monoisotopic (exact) mass is 538 g/mol. The summed E-state index contributed by atoms with van der Waals surface area (Å²) >= 11 is 0. The zero-order valence-corrected chi connectivity index (χ0v) is 18.1. The van der Waals surface area contributed by atoms with Crippen molar-refractivity contribution >= 4 is 12.1 Å². The van der Waals surface area contributed by atoms with Crippen LogP contribution < -0.4 is 4.74 Å². The van der Waals surface area contributed by atoms with Crippen molar-refractivity contribution in [3.8, 4) is 5.75 Å². The van der Waals surface area contributed by atoms with Gasteiger partial charge in [0.05, 0.1) is 0 Å². The number of halogens is 9. The molecule has 1 aliphatic heterocycles. The summed E-state index contributed by atoms with van der Waals surface area (Å²) in [5, 5.41) is 9.22. The Balaban J connectivity index is 1.68. The van der Waals surface area contributed by atoms with E-state index in [1.54, 1.807) is 0 Å². The third kappa shape index (κ3) is 6.25. The molecule has 1 saturated heterocycles. The number of carbonyl (C=O) groups excluding carboxylic acids is 1. The van der Waals surface area contributed by atoms with Gasteiger partial charge >= 0.3 is 30.6 Å². The van der Waals surface area contributed by atoms with E-state index in [1.807, 2.05) is 0 Å². The minimum atomic E-state index is -5.88. The molecule has 0 aromatic heterocycles. The summed E-state index contributed by atoms with van der Waals surface area (Å²) in [6, 6.07) is 3.36. The van der Waals surface area contributed by atoms with Crippen molar-refractivity contribution in [1.82, 2.24) is 9.80 Å². The normalized spacial score (nSPS) is 18.8. The molecule has 2 fully saturated rings. The number of alkyl halides is 9. The van der Waals surface area contributed by atoms with E-state index >= 15 is 0 Å². The molecular formula is C20H19F9N2O5. The van der Waals surface area contributed by atoms with Crippen molar-refractivity contribution < 1.29 is 63.7 Å². The van der Waals surface area contributed by atoms with Gasteiger partial charge in [-0.3, -0.25) is 4.90 Å². The molecule has 1 aromatic carbocycles. The van der Waals surface area contributed by atoms with E-state index < -0.39 is 66.7 Å². The lowest BCUT2D eigenvalue weighted by molar-refractivity contribution is -0.308. The maximum Gasteiger partial charge on any atom is 0.434 e. The smallest absolute Gasteiger partial charge is 0.434 e. The molecule has 2 aliphatic rings. The van der Waals surface area contributed by atoms with Crippen LogP contribution in [-0.4, -0.2) is 77.2 Å². The highest BCUT2D eigenvalue weighted by atomic mass is 19.4. The van der Waals surface area contributed by atoms with Crippen molar-refractivity contribution in [2.45, 2.75) is 49.6 Å². The van der Waals surface area contributed by atoms with Crippen molar-refractivity contribution in [1.29, 1.82) is 0 Å². The average Bonchev–Trinajstić information content (AvgIpc) is 3.51. The van der Waals surface area contributed by atoms with Crippen LogP contribution in [0.2, 0.25) is 0 Å². The Bertz CT molecular complexity index is 967. The second-order valence-electron chi connectivity index (χ2n) is 8.30. The van der Waals surface area contributed by atoms with Crippen molar-refractivity contribution in [2.75, 3.05) is 26.2 Å². The number of piperazine rings is 1. The van der Waals surface area contributed by atoms with Gasteiger partial charge in [0.25, 0.3) is 6.10 Å². The average molecular weight is 538 g/mol. The van der Waals surface area contributed by atoms with Gasteiger partial charge in [-0.2, -0.15) is 39.5 Å². The number of benzene rings is 1. The van der Waals surface area contributed by atoms with E-state index in [-0.39, 0.29) is 38.0 Å². The maximum atomic E-state index is 13.8. The fourth-order valence-corrected chi connectivity index (χ4v) is 3.62. The number of carbonyl (C=O) groups is 2. The van der Waals surface area contributed by atoms with Gasteiger partial charge in [0.15, 0.2) is 0 Å². The minimum Gasteiger partial charge on any atom is -0.478 e. The predicted molar refractivity (Wildman–Crippen MR) is 101 cm³/mol. The standard InChI is InChI=1S/C20H19F9N2O5/c21-18(22,23)13-11(2-1-3-12(13)36-17(4-5-17)15(32)33)10-30-6-8-31(9-7-30)16(34)35-14(19(24,25)26)20(27,28)29/h1-3,14H,4-10H2,(H,32,33). The number of hydrogen-bond acceptors (Lipinski definition) is 5. The van der Waals surface area contributed by atoms with E-state index in [4.69, 9.17) is 4.74 Å². The van der Waals surface area contributed by atoms with Crippen LogP contribution in [0.4, 0.5) is 44.3 Å². The van der Waals surface area contributed by atoms with Gasteiger partial charge in [-0.25, -0.2) is 9.59 Å². The van der Waals surface area contributed by atoms with Gasteiger partial charge in [-0.15, -0.1) is 0 Å². The first-order valence-electron chi connectivity index (χ1n) is 10.4. The first kappa shape index (κ1) is 27.7. The van der Waals surface area contributed by atoms with E-state index in [0.29, 0.717) is 4.90 Å². The van der Waals surface area contributed by atoms with E-state index in [1.165, 1.54) is 11.0 Å². The van der Waals surface area contributed by atoms with Crippen LogP contribution in [0.5, 0.6) is 5.75 Å². The summed E-state index contributed by atoms with van der Waals surface area (Å²) < 4.78 is 126. The summed E-state index contributed by atoms with van der Waals surface area (Å²) in [5.41, 5.74) is -3.22. The lowest BCUT2D eigenvalue weighted by atomic mass is 10.0. The molecule has 1 amide bonds. The third-order valence-electron chi connectivity index (χ3n) is 5.63. The lowest BCUT2D eigenvalue weighted by Crippen LogP contribution is -2.52. The molecule has 0 radical (unpaired) electrons. The van der Waals surface area contributed by atoms with Crippen LogP contribution in [0.15, 0.2) is 18.2 Å². The number of ether oxygens (including phenoxy) is 2. The zero-order valence-electron chi connectivity index (χ0n) is 18.1. The van der Waals surface area contributed by atoms with E-state index in [0.717, 1.165) is 12.1 Å². The highest BCUT2D eigenvalue weighted by Gasteiger charge is 2.60. The van der Waals surface area contributed by atoms with E-state index in [9.17, 15) is 54.2 Å². The quantitative estimate of drug-likeness (QED) is 0.540. The summed E-state index contributed by atoms with van der Waals surface area (Å²) in [4.78, 5) is 25.2. The Kier molecular flexibility index (Phi) is 7.32. The molecule has 3 rings (SSSR count). The summed E-state index contributed by atoms with van der Waals surface area (Å²) in [6.45, 7) is -1.52. The number of carboxylic acid groups (broad SMARTS) is 1. The first-order chi connectivity index (χ1) is 16.4. The Morgan fingerprint density at radius 3 is 1.94 bits per heavy atom. The SMILES string of the molecule is O=C(OC(C(F)(F)F)C(F)(F)F)N1CCN(Cc2cccc(OC3(C(=O)O)CC3)c2C(F)(F)F)CC1. The van der Waals surface area contributed by atoms with Crippen LogP contribution in [0.25, 0.3) is 0 Å². The molecule has 1 aliphatic carbocycles. The highest BCUT2D eigenvalue weighted by Crippen LogP contribution is 2.46. The Morgan fingerprint density at radius 1 is 0.944 bits per heavy atom. The molecule has 1 saturated carbocycles. The number of rotatable bonds is 6. The first-order valence-corrected chi connectivity index (χ1v) is 10.4. The third-order valence-corrected chi connectivity index (χ3v) is 5.63. The number of amides is 1. The van der Waals surface area contributed by atoms with Crippen LogP contribution in [0.1, 0.15) is 24.0 Å².